The third-order valence-electron chi connectivity index (χ3n) is 1.11. The van der Waals surface area contributed by atoms with Crippen LogP contribution in [-0.2, 0) is 4.79 Å². The van der Waals surface area contributed by atoms with Crippen LogP contribution < -0.4 is 5.73 Å². The zero-order valence-corrected chi connectivity index (χ0v) is 6.73. The number of thioether (sulfide) groups is 1. The molecule has 1 amide bonds. The van der Waals surface area contributed by atoms with Gasteiger partial charge in [0.15, 0.2) is 0 Å². The summed E-state index contributed by atoms with van der Waals surface area (Å²) < 4.78 is 0. The molecule has 0 aliphatic carbocycles. The normalized spacial score (nSPS) is 9.45. The molecule has 57 valence electrons. The van der Waals surface area contributed by atoms with Crippen LogP contribution in [-0.4, -0.2) is 11.7 Å². The van der Waals surface area contributed by atoms with E-state index in [0.29, 0.717) is 0 Å². The van der Waals surface area contributed by atoms with Gasteiger partial charge < -0.3 is 0 Å². The molecule has 0 bridgehead atoms. The van der Waals surface area contributed by atoms with Gasteiger partial charge in [-0.2, -0.15) is 0 Å². The molecule has 0 aliphatic rings. The van der Waals surface area contributed by atoms with Gasteiger partial charge in [-0.1, -0.05) is 18.2 Å². The molecule has 0 unspecified atom stereocenters. The van der Waals surface area contributed by atoms with Crippen LogP contribution in [0.25, 0.3) is 0 Å². The lowest BCUT2D eigenvalue weighted by atomic mass is 10.4. The van der Waals surface area contributed by atoms with Gasteiger partial charge in [0.05, 0.1) is 5.75 Å². The van der Waals surface area contributed by atoms with Crippen molar-refractivity contribution in [2.24, 2.45) is 0 Å². The Labute approximate surface area is 69.8 Å². The van der Waals surface area contributed by atoms with Crippen molar-refractivity contribution in [1.82, 2.24) is 5.73 Å². The summed E-state index contributed by atoms with van der Waals surface area (Å²) in [6.45, 7) is 0. The highest BCUT2D eigenvalue weighted by Crippen LogP contribution is 2.15. The zero-order chi connectivity index (χ0) is 8.10. The summed E-state index contributed by atoms with van der Waals surface area (Å²) in [5, 5.41) is 0. The molecule has 2 nitrogen and oxygen atoms in total. The number of benzene rings is 1. The minimum absolute atomic E-state index is 0.240. The predicted molar refractivity (Wildman–Crippen MR) is 45.3 cm³/mol. The molecule has 0 fully saturated rings. The second kappa shape index (κ2) is 4.03. The van der Waals surface area contributed by atoms with Gasteiger partial charge in [0.2, 0.25) is 5.91 Å². The minimum Gasteiger partial charge on any atom is -0.272 e. The number of amides is 1. The highest BCUT2D eigenvalue weighted by molar-refractivity contribution is 8.00. The van der Waals surface area contributed by atoms with E-state index in [2.05, 4.69) is 0 Å². The molecular weight excluding hydrogens is 158 g/mol. The minimum atomic E-state index is -0.529. The van der Waals surface area contributed by atoms with Crippen molar-refractivity contribution in [3.8, 4) is 0 Å². The lowest BCUT2D eigenvalue weighted by Gasteiger charge is -1.95. The Morgan fingerprint density at radius 1 is 1.36 bits per heavy atom. The van der Waals surface area contributed by atoms with E-state index in [1.807, 2.05) is 30.3 Å². The maximum absolute atomic E-state index is 10.3. The van der Waals surface area contributed by atoms with Crippen LogP contribution in [0, 0.1) is 0 Å². The summed E-state index contributed by atoms with van der Waals surface area (Å²) in [6, 6.07) is 9.60. The average Bonchev–Trinajstić information content (AvgIpc) is 2.03. The molecule has 0 atom stereocenters. The number of rotatable bonds is 3. The number of hydrogen-bond acceptors (Lipinski definition) is 2. The molecule has 1 aromatic rings. The van der Waals surface area contributed by atoms with Crippen LogP contribution >= 0.6 is 11.8 Å². The standard InChI is InChI=1S/C8H8NOS/c9-8(10)6-11-7-4-2-1-3-5-7/h1-5,9H,6H2. The van der Waals surface area contributed by atoms with Crippen molar-refractivity contribution in [3.05, 3.63) is 30.3 Å². The summed E-state index contributed by atoms with van der Waals surface area (Å²) in [7, 11) is 0. The topological polar surface area (TPSA) is 40.9 Å². The van der Waals surface area contributed by atoms with E-state index in [0.717, 1.165) is 4.90 Å². The van der Waals surface area contributed by atoms with E-state index >= 15 is 0 Å². The van der Waals surface area contributed by atoms with Crippen LogP contribution in [0.2, 0.25) is 0 Å². The first-order valence-electron chi connectivity index (χ1n) is 3.21. The summed E-state index contributed by atoms with van der Waals surface area (Å²) in [4.78, 5) is 11.3. The lowest BCUT2D eigenvalue weighted by Crippen LogP contribution is -1.99. The van der Waals surface area contributed by atoms with E-state index < -0.39 is 5.91 Å². The Morgan fingerprint density at radius 3 is 2.55 bits per heavy atom. The highest BCUT2D eigenvalue weighted by atomic mass is 32.2. The van der Waals surface area contributed by atoms with Crippen molar-refractivity contribution in [3.63, 3.8) is 0 Å². The van der Waals surface area contributed by atoms with E-state index in [1.165, 1.54) is 11.8 Å². The Balaban J connectivity index is 2.45. The van der Waals surface area contributed by atoms with E-state index in [1.54, 1.807) is 0 Å². The fourth-order valence-electron chi connectivity index (χ4n) is 0.666. The smallest absolute Gasteiger partial charge is 0.248 e. The average molecular weight is 166 g/mol. The maximum atomic E-state index is 10.3. The number of carbonyl (C=O) groups is 1. The van der Waals surface area contributed by atoms with E-state index in [-0.39, 0.29) is 5.75 Å². The number of hydrogen-bond donors (Lipinski definition) is 0. The molecule has 0 spiro atoms. The van der Waals surface area contributed by atoms with Gasteiger partial charge >= 0.3 is 0 Å². The monoisotopic (exact) mass is 166 g/mol. The fourth-order valence-corrected chi connectivity index (χ4v) is 1.31. The summed E-state index contributed by atoms with van der Waals surface area (Å²) >= 11 is 1.39. The SMILES string of the molecule is [NH]C(=O)CSc1ccccc1. The van der Waals surface area contributed by atoms with Crippen molar-refractivity contribution in [1.29, 1.82) is 0 Å². The number of carbonyl (C=O) groups excluding carboxylic acids is 1. The summed E-state index contributed by atoms with van der Waals surface area (Å²) in [6.07, 6.45) is 0. The molecular formula is C8H8NOS. The summed E-state index contributed by atoms with van der Waals surface area (Å²) in [5.41, 5.74) is 6.67. The molecule has 0 heterocycles. The van der Waals surface area contributed by atoms with Crippen molar-refractivity contribution >= 4 is 17.7 Å². The Kier molecular flexibility index (Phi) is 2.98. The first-order valence-corrected chi connectivity index (χ1v) is 4.20. The van der Waals surface area contributed by atoms with E-state index in [9.17, 15) is 4.79 Å². The maximum Gasteiger partial charge on any atom is 0.248 e. The Morgan fingerprint density at radius 2 is 2.00 bits per heavy atom. The van der Waals surface area contributed by atoms with Gasteiger partial charge in [-0.3, -0.25) is 10.5 Å². The lowest BCUT2D eigenvalue weighted by molar-refractivity contribution is -0.116. The van der Waals surface area contributed by atoms with Crippen molar-refractivity contribution in [2.75, 3.05) is 5.75 Å². The molecule has 0 aliphatic heterocycles. The van der Waals surface area contributed by atoms with Crippen LogP contribution in [0.5, 0.6) is 0 Å². The van der Waals surface area contributed by atoms with Crippen molar-refractivity contribution < 1.29 is 4.79 Å². The molecule has 1 radical (unpaired) electrons. The van der Waals surface area contributed by atoms with Gasteiger partial charge in [0.1, 0.15) is 0 Å². The first kappa shape index (κ1) is 8.14. The Hall–Kier alpha value is -0.960. The first-order chi connectivity index (χ1) is 5.29. The molecule has 0 saturated carbocycles. The van der Waals surface area contributed by atoms with Crippen LogP contribution in [0.15, 0.2) is 35.2 Å². The van der Waals surface area contributed by atoms with Crippen LogP contribution in [0.4, 0.5) is 0 Å². The van der Waals surface area contributed by atoms with Crippen LogP contribution in [0.1, 0.15) is 0 Å². The van der Waals surface area contributed by atoms with E-state index in [4.69, 9.17) is 5.73 Å². The highest BCUT2D eigenvalue weighted by Gasteiger charge is 1.96. The Bertz CT molecular complexity index is 235. The van der Waals surface area contributed by atoms with Gasteiger partial charge in [-0.15, -0.1) is 11.8 Å². The second-order valence-corrected chi connectivity index (χ2v) is 3.07. The molecule has 1 N–H and O–H groups in total. The molecule has 1 aromatic carbocycles. The molecule has 0 saturated heterocycles. The number of nitrogens with one attached hydrogen (secondary N) is 1. The third kappa shape index (κ3) is 3.09. The van der Waals surface area contributed by atoms with Crippen molar-refractivity contribution in [2.45, 2.75) is 4.90 Å². The molecule has 11 heavy (non-hydrogen) atoms. The van der Waals surface area contributed by atoms with Gasteiger partial charge in [0, 0.05) is 4.90 Å². The predicted octanol–water partition coefficient (Wildman–Crippen LogP) is 1.59. The zero-order valence-electron chi connectivity index (χ0n) is 5.91. The van der Waals surface area contributed by atoms with Crippen LogP contribution in [0.3, 0.4) is 0 Å². The second-order valence-electron chi connectivity index (χ2n) is 2.02. The van der Waals surface area contributed by atoms with Gasteiger partial charge in [-0.25, -0.2) is 0 Å². The molecule has 0 aromatic heterocycles. The third-order valence-corrected chi connectivity index (χ3v) is 2.13. The quantitative estimate of drug-likeness (QED) is 0.640. The fraction of sp³-hybridized carbons (Fsp3) is 0.125. The van der Waals surface area contributed by atoms with Gasteiger partial charge in [0.25, 0.3) is 0 Å². The summed E-state index contributed by atoms with van der Waals surface area (Å²) in [5.74, 6) is -0.289. The molecule has 1 rings (SSSR count). The largest absolute Gasteiger partial charge is 0.272 e. The molecule has 3 heteroatoms. The van der Waals surface area contributed by atoms with Gasteiger partial charge in [-0.05, 0) is 12.1 Å².